The van der Waals surface area contributed by atoms with E-state index in [9.17, 15) is 0 Å². The lowest BCUT2D eigenvalue weighted by atomic mass is 9.89. The topological polar surface area (TPSA) is 13.1 Å². The van der Waals surface area contributed by atoms with Gasteiger partial charge in [0.15, 0.2) is 6.20 Å². The maximum Gasteiger partial charge on any atom is 0.228 e. The van der Waals surface area contributed by atoms with Crippen LogP contribution < -0.4 is 9.30 Å². The summed E-state index contributed by atoms with van der Waals surface area (Å²) in [4.78, 5) is 0. The Bertz CT molecular complexity index is 1530. The van der Waals surface area contributed by atoms with Crippen LogP contribution >= 0.6 is 0 Å². The Morgan fingerprint density at radius 3 is 2.52 bits per heavy atom. The van der Waals surface area contributed by atoms with Crippen molar-refractivity contribution in [2.45, 2.75) is 27.2 Å². The van der Waals surface area contributed by atoms with Gasteiger partial charge in [-0.25, -0.2) is 4.57 Å². The van der Waals surface area contributed by atoms with E-state index >= 15 is 0 Å². The zero-order chi connectivity index (χ0) is 21.3. The number of nitrogens with zero attached hydrogens (tertiary/aromatic N) is 1. The second kappa shape index (κ2) is 6.55. The molecule has 2 heteroatoms. The van der Waals surface area contributed by atoms with Gasteiger partial charge < -0.3 is 4.74 Å². The van der Waals surface area contributed by atoms with E-state index in [2.05, 4.69) is 99.2 Å². The van der Waals surface area contributed by atoms with Crippen LogP contribution in [0.4, 0.5) is 0 Å². The summed E-state index contributed by atoms with van der Waals surface area (Å²) < 4.78 is 8.90. The van der Waals surface area contributed by atoms with E-state index in [0.29, 0.717) is 5.92 Å². The molecule has 0 amide bonds. The summed E-state index contributed by atoms with van der Waals surface area (Å²) in [6.07, 6.45) is 3.23. The summed E-state index contributed by atoms with van der Waals surface area (Å²) in [7, 11) is 2.14. The quantitative estimate of drug-likeness (QED) is 0.219. The molecular formula is C29H26NO+. The Morgan fingerprint density at radius 2 is 1.68 bits per heavy atom. The van der Waals surface area contributed by atoms with E-state index in [1.807, 2.05) is 0 Å². The Hall–Kier alpha value is -3.39. The minimum Gasteiger partial charge on any atom is -0.456 e. The highest BCUT2D eigenvalue weighted by Gasteiger charge is 2.30. The monoisotopic (exact) mass is 404 g/mol. The fourth-order valence-corrected chi connectivity index (χ4v) is 5.29. The van der Waals surface area contributed by atoms with Crippen LogP contribution in [0.25, 0.3) is 43.6 Å². The molecule has 0 spiro atoms. The molecule has 0 fully saturated rings. The third-order valence-electron chi connectivity index (χ3n) is 6.63. The molecule has 2 heterocycles. The second-order valence-corrected chi connectivity index (χ2v) is 9.29. The minimum absolute atomic E-state index is 0.609. The number of aromatic nitrogens is 1. The molecule has 1 aliphatic heterocycles. The highest BCUT2D eigenvalue weighted by molar-refractivity contribution is 6.13. The lowest BCUT2D eigenvalue weighted by Gasteiger charge is -2.23. The maximum atomic E-state index is 6.65. The average molecular weight is 405 g/mol. The van der Waals surface area contributed by atoms with Gasteiger partial charge >= 0.3 is 0 Å². The van der Waals surface area contributed by atoms with Gasteiger partial charge in [0.05, 0.1) is 10.9 Å². The van der Waals surface area contributed by atoms with E-state index < -0.39 is 0 Å². The number of pyridine rings is 1. The first-order valence-electron chi connectivity index (χ1n) is 11.1. The molecule has 5 aromatic rings. The van der Waals surface area contributed by atoms with Crippen LogP contribution in [-0.2, 0) is 13.5 Å². The standard InChI is InChI=1S/C29H26NO/c1-17(2)13-19-14-21-11-12-30(4)29-27-18(3)22-10-9-20-7-5-6-8-23(20)24(22)16-26(27)31-25(15-19)28(21)29/h5-12,14-17H,13H2,1-4H3/q+1. The average Bonchev–Trinajstić information content (AvgIpc) is 2.75. The maximum absolute atomic E-state index is 6.65. The van der Waals surface area contributed by atoms with Crippen molar-refractivity contribution in [3.63, 3.8) is 0 Å². The number of hydrogen-bond donors (Lipinski definition) is 0. The van der Waals surface area contributed by atoms with Gasteiger partial charge in [0, 0.05) is 6.07 Å². The molecule has 1 aliphatic rings. The zero-order valence-electron chi connectivity index (χ0n) is 18.5. The van der Waals surface area contributed by atoms with Crippen LogP contribution in [0.15, 0.2) is 66.9 Å². The summed E-state index contributed by atoms with van der Waals surface area (Å²) in [5, 5.41) is 7.55. The predicted octanol–water partition coefficient (Wildman–Crippen LogP) is 7.25. The fraction of sp³-hybridized carbons (Fsp3) is 0.207. The van der Waals surface area contributed by atoms with E-state index in [1.165, 1.54) is 54.7 Å². The first-order chi connectivity index (χ1) is 15.0. The zero-order valence-corrected chi connectivity index (χ0v) is 18.5. The Labute approximate surface area is 182 Å². The lowest BCUT2D eigenvalue weighted by Crippen LogP contribution is -2.31. The van der Waals surface area contributed by atoms with Gasteiger partial charge in [0.25, 0.3) is 0 Å². The Morgan fingerprint density at radius 1 is 0.839 bits per heavy atom. The molecule has 0 radical (unpaired) electrons. The highest BCUT2D eigenvalue weighted by Crippen LogP contribution is 2.49. The summed E-state index contributed by atoms with van der Waals surface area (Å²) in [6, 6.07) is 22.1. The smallest absolute Gasteiger partial charge is 0.228 e. The summed E-state index contributed by atoms with van der Waals surface area (Å²) in [5.74, 6) is 2.54. The largest absolute Gasteiger partial charge is 0.456 e. The van der Waals surface area contributed by atoms with Crippen molar-refractivity contribution in [1.82, 2.24) is 0 Å². The normalized spacial score (nSPS) is 12.5. The molecule has 0 saturated carbocycles. The van der Waals surface area contributed by atoms with E-state index in [1.54, 1.807) is 0 Å². The van der Waals surface area contributed by atoms with Crippen LogP contribution in [0.3, 0.4) is 0 Å². The number of hydrogen-bond acceptors (Lipinski definition) is 1. The highest BCUT2D eigenvalue weighted by atomic mass is 16.5. The van der Waals surface area contributed by atoms with Crippen molar-refractivity contribution in [2.24, 2.45) is 13.0 Å². The van der Waals surface area contributed by atoms with E-state index in [4.69, 9.17) is 4.74 Å². The summed E-state index contributed by atoms with van der Waals surface area (Å²) in [5.41, 5.74) is 5.07. The van der Waals surface area contributed by atoms with Gasteiger partial charge in [-0.15, -0.1) is 0 Å². The molecule has 31 heavy (non-hydrogen) atoms. The van der Waals surface area contributed by atoms with Crippen LogP contribution in [0.1, 0.15) is 25.0 Å². The molecule has 6 rings (SSSR count). The second-order valence-electron chi connectivity index (χ2n) is 9.29. The van der Waals surface area contributed by atoms with Crippen molar-refractivity contribution < 1.29 is 9.30 Å². The molecule has 2 nitrogen and oxygen atoms in total. The first-order valence-corrected chi connectivity index (χ1v) is 11.1. The molecule has 1 aromatic heterocycles. The first kappa shape index (κ1) is 18.4. The lowest BCUT2D eigenvalue weighted by molar-refractivity contribution is -0.659. The Kier molecular flexibility index (Phi) is 3.89. The van der Waals surface area contributed by atoms with Crippen LogP contribution in [0.2, 0.25) is 0 Å². The molecule has 0 aliphatic carbocycles. The predicted molar refractivity (Wildman–Crippen MR) is 129 cm³/mol. The number of rotatable bonds is 2. The van der Waals surface area contributed by atoms with Crippen LogP contribution in [0, 0.1) is 12.8 Å². The fourth-order valence-electron chi connectivity index (χ4n) is 5.29. The third kappa shape index (κ3) is 2.68. The molecule has 0 saturated heterocycles. The minimum atomic E-state index is 0.609. The van der Waals surface area contributed by atoms with E-state index in [-0.39, 0.29) is 0 Å². The van der Waals surface area contributed by atoms with E-state index in [0.717, 1.165) is 17.9 Å². The number of fused-ring (bicyclic) bond motifs is 5. The molecule has 0 unspecified atom stereocenters. The van der Waals surface area contributed by atoms with Gasteiger partial charge in [-0.3, -0.25) is 0 Å². The van der Waals surface area contributed by atoms with Gasteiger partial charge in [-0.2, -0.15) is 0 Å². The molecular weight excluding hydrogens is 378 g/mol. The van der Waals surface area contributed by atoms with Crippen LogP contribution in [0.5, 0.6) is 11.5 Å². The number of ether oxygens (including phenoxy) is 1. The summed E-state index contributed by atoms with van der Waals surface area (Å²) >= 11 is 0. The van der Waals surface area contributed by atoms with Gasteiger partial charge in [0.1, 0.15) is 18.5 Å². The molecule has 0 atom stereocenters. The molecule has 0 N–H and O–H groups in total. The molecule has 152 valence electrons. The van der Waals surface area contributed by atoms with Crippen molar-refractivity contribution in [2.75, 3.05) is 0 Å². The number of benzene rings is 4. The third-order valence-corrected chi connectivity index (χ3v) is 6.63. The van der Waals surface area contributed by atoms with Crippen molar-refractivity contribution in [3.8, 4) is 22.8 Å². The van der Waals surface area contributed by atoms with Gasteiger partial charge in [-0.1, -0.05) is 56.3 Å². The molecule has 4 aromatic carbocycles. The van der Waals surface area contributed by atoms with Crippen molar-refractivity contribution >= 4 is 32.3 Å². The molecule has 0 bridgehead atoms. The van der Waals surface area contributed by atoms with Crippen LogP contribution in [-0.4, -0.2) is 0 Å². The SMILES string of the molecule is Cc1c2c(cc3c1ccc1ccccc13)Oc1cc(CC(C)C)cc3cc[n+](C)c-2c13. The summed E-state index contributed by atoms with van der Waals surface area (Å²) in [6.45, 7) is 6.77. The van der Waals surface area contributed by atoms with Crippen molar-refractivity contribution in [1.29, 1.82) is 0 Å². The van der Waals surface area contributed by atoms with Gasteiger partial charge in [0.2, 0.25) is 5.69 Å². The number of aryl methyl sites for hydroxylation is 2. The Balaban J connectivity index is 1.72. The van der Waals surface area contributed by atoms with Gasteiger partial charge in [-0.05, 0) is 69.5 Å². The van der Waals surface area contributed by atoms with Crippen molar-refractivity contribution in [3.05, 3.63) is 78.0 Å².